The summed E-state index contributed by atoms with van der Waals surface area (Å²) in [5, 5.41) is 16.4. The molecule has 0 bridgehead atoms. The Morgan fingerprint density at radius 1 is 0.828 bits per heavy atom. The molecule has 0 saturated carbocycles. The molecule has 0 aromatic heterocycles. The van der Waals surface area contributed by atoms with Crippen LogP contribution in [0, 0.1) is 10.1 Å². The van der Waals surface area contributed by atoms with Crippen LogP contribution in [-0.4, -0.2) is 23.8 Å². The number of hydrogen-bond donors (Lipinski definition) is 2. The highest BCUT2D eigenvalue weighted by Gasteiger charge is 2.19. The zero-order valence-electron chi connectivity index (χ0n) is 15.4. The van der Waals surface area contributed by atoms with E-state index in [1.165, 1.54) is 18.2 Å². The lowest BCUT2D eigenvalue weighted by molar-refractivity contribution is -0.385. The minimum absolute atomic E-state index is 0.0428. The van der Waals surface area contributed by atoms with Gasteiger partial charge < -0.3 is 15.4 Å². The molecule has 0 radical (unpaired) electrons. The number of amides is 2. The Balaban J connectivity index is 1.67. The Morgan fingerprint density at radius 2 is 1.38 bits per heavy atom. The number of methoxy groups -OCH3 is 1. The molecule has 0 atom stereocenters. The van der Waals surface area contributed by atoms with Crippen LogP contribution in [0.1, 0.15) is 20.7 Å². The molecule has 0 aliphatic carbocycles. The van der Waals surface area contributed by atoms with Crippen LogP contribution in [0.4, 0.5) is 17.1 Å². The first-order valence-electron chi connectivity index (χ1n) is 8.58. The first-order valence-corrected chi connectivity index (χ1v) is 8.58. The summed E-state index contributed by atoms with van der Waals surface area (Å²) < 4.78 is 5.07. The van der Waals surface area contributed by atoms with Gasteiger partial charge in [-0.15, -0.1) is 0 Å². The van der Waals surface area contributed by atoms with Crippen molar-refractivity contribution in [2.75, 3.05) is 17.7 Å². The summed E-state index contributed by atoms with van der Waals surface area (Å²) in [6.45, 7) is 0. The molecule has 0 spiro atoms. The average Bonchev–Trinajstić information content (AvgIpc) is 2.74. The van der Waals surface area contributed by atoms with Gasteiger partial charge in [-0.1, -0.05) is 12.1 Å². The van der Waals surface area contributed by atoms with Gasteiger partial charge in [0.05, 0.1) is 12.0 Å². The fraction of sp³-hybridized carbons (Fsp3) is 0.0476. The van der Waals surface area contributed by atoms with Gasteiger partial charge in [0.1, 0.15) is 11.3 Å². The molecular formula is C21H17N3O5. The molecule has 3 rings (SSSR count). The highest BCUT2D eigenvalue weighted by molar-refractivity contribution is 6.08. The minimum atomic E-state index is -0.610. The number of carbonyl (C=O) groups excluding carboxylic acids is 2. The molecule has 0 unspecified atom stereocenters. The van der Waals surface area contributed by atoms with Crippen LogP contribution in [0.3, 0.4) is 0 Å². The van der Waals surface area contributed by atoms with Crippen LogP contribution >= 0.6 is 0 Å². The molecule has 2 N–H and O–H groups in total. The number of nitrogens with one attached hydrogen (secondary N) is 2. The lowest BCUT2D eigenvalue weighted by atomic mass is 10.1. The molecular weight excluding hydrogens is 374 g/mol. The number of hydrogen-bond acceptors (Lipinski definition) is 5. The van der Waals surface area contributed by atoms with Gasteiger partial charge >= 0.3 is 0 Å². The predicted octanol–water partition coefficient (Wildman–Crippen LogP) is 4.11. The molecule has 3 aromatic rings. The van der Waals surface area contributed by atoms with Gasteiger partial charge in [0, 0.05) is 23.0 Å². The maximum absolute atomic E-state index is 12.3. The summed E-state index contributed by atoms with van der Waals surface area (Å²) in [6.07, 6.45) is 0. The van der Waals surface area contributed by atoms with Crippen molar-refractivity contribution in [2.24, 2.45) is 0 Å². The quantitative estimate of drug-likeness (QED) is 0.485. The molecule has 0 fully saturated rings. The smallest absolute Gasteiger partial charge is 0.282 e. The zero-order valence-corrected chi connectivity index (χ0v) is 15.4. The molecule has 2 amide bonds. The number of ether oxygens (including phenoxy) is 1. The number of anilines is 2. The van der Waals surface area contributed by atoms with Gasteiger partial charge in [0.2, 0.25) is 0 Å². The van der Waals surface area contributed by atoms with E-state index in [0.717, 1.165) is 0 Å². The number of benzene rings is 3. The van der Waals surface area contributed by atoms with Crippen molar-refractivity contribution in [1.29, 1.82) is 0 Å². The number of nitro groups is 1. The van der Waals surface area contributed by atoms with Crippen molar-refractivity contribution < 1.29 is 19.2 Å². The second-order valence-electron chi connectivity index (χ2n) is 5.99. The Labute approximate surface area is 166 Å². The second-order valence-corrected chi connectivity index (χ2v) is 5.99. The average molecular weight is 391 g/mol. The molecule has 146 valence electrons. The standard InChI is InChI=1S/C21H17N3O5/c1-29-17-12-10-16(11-13-17)22-20(25)14-6-8-15(9-7-14)23-21(26)18-4-2-3-5-19(18)24(27)28/h2-13H,1H3,(H,22,25)(H,23,26). The maximum atomic E-state index is 12.3. The van der Waals surface area contributed by atoms with Crippen LogP contribution in [0.2, 0.25) is 0 Å². The maximum Gasteiger partial charge on any atom is 0.282 e. The number of nitro benzene ring substituents is 1. The van der Waals surface area contributed by atoms with Crippen molar-refractivity contribution in [2.45, 2.75) is 0 Å². The van der Waals surface area contributed by atoms with E-state index in [1.807, 2.05) is 0 Å². The van der Waals surface area contributed by atoms with Gasteiger partial charge in [-0.2, -0.15) is 0 Å². The summed E-state index contributed by atoms with van der Waals surface area (Å²) in [6, 6.07) is 18.8. The van der Waals surface area contributed by atoms with Crippen molar-refractivity contribution in [3.05, 3.63) is 94.0 Å². The number of nitrogens with zero attached hydrogens (tertiary/aromatic N) is 1. The van der Waals surface area contributed by atoms with Gasteiger partial charge in [-0.25, -0.2) is 0 Å². The van der Waals surface area contributed by atoms with Crippen LogP contribution in [-0.2, 0) is 0 Å². The highest BCUT2D eigenvalue weighted by Crippen LogP contribution is 2.20. The highest BCUT2D eigenvalue weighted by atomic mass is 16.6. The van der Waals surface area contributed by atoms with Crippen LogP contribution < -0.4 is 15.4 Å². The van der Waals surface area contributed by atoms with E-state index in [1.54, 1.807) is 61.7 Å². The summed E-state index contributed by atoms with van der Waals surface area (Å²) in [5.41, 5.74) is 1.10. The molecule has 8 heteroatoms. The first-order chi connectivity index (χ1) is 14.0. The van der Waals surface area contributed by atoms with E-state index in [4.69, 9.17) is 4.74 Å². The monoisotopic (exact) mass is 391 g/mol. The van der Waals surface area contributed by atoms with Crippen molar-refractivity contribution in [1.82, 2.24) is 0 Å². The van der Waals surface area contributed by atoms with Crippen molar-refractivity contribution in [3.63, 3.8) is 0 Å². The third kappa shape index (κ3) is 4.75. The fourth-order valence-corrected chi connectivity index (χ4v) is 2.61. The first kappa shape index (κ1) is 19.6. The lowest BCUT2D eigenvalue weighted by Gasteiger charge is -2.08. The number of rotatable bonds is 6. The Morgan fingerprint density at radius 3 is 1.97 bits per heavy atom. The molecule has 0 saturated heterocycles. The molecule has 3 aromatic carbocycles. The summed E-state index contributed by atoms with van der Waals surface area (Å²) in [7, 11) is 1.56. The van der Waals surface area contributed by atoms with Crippen molar-refractivity contribution >= 4 is 28.9 Å². The van der Waals surface area contributed by atoms with Crippen LogP contribution in [0.25, 0.3) is 0 Å². The van der Waals surface area contributed by atoms with E-state index >= 15 is 0 Å². The van der Waals surface area contributed by atoms with Gasteiger partial charge in [-0.05, 0) is 54.6 Å². The Kier molecular flexibility index (Phi) is 5.84. The SMILES string of the molecule is COc1ccc(NC(=O)c2ccc(NC(=O)c3ccccc3[N+](=O)[O-])cc2)cc1. The zero-order chi connectivity index (χ0) is 20.8. The summed E-state index contributed by atoms with van der Waals surface area (Å²) in [4.78, 5) is 35.1. The Hall–Kier alpha value is -4.20. The molecule has 29 heavy (non-hydrogen) atoms. The summed E-state index contributed by atoms with van der Waals surface area (Å²) >= 11 is 0. The van der Waals surface area contributed by atoms with Gasteiger partial charge in [-0.3, -0.25) is 19.7 Å². The van der Waals surface area contributed by atoms with Crippen molar-refractivity contribution in [3.8, 4) is 5.75 Å². The minimum Gasteiger partial charge on any atom is -0.497 e. The van der Waals surface area contributed by atoms with Crippen LogP contribution in [0.5, 0.6) is 5.75 Å². The summed E-state index contributed by atoms with van der Waals surface area (Å²) in [5.74, 6) is -0.235. The largest absolute Gasteiger partial charge is 0.497 e. The third-order valence-corrected chi connectivity index (χ3v) is 4.10. The molecule has 8 nitrogen and oxygen atoms in total. The predicted molar refractivity (Wildman–Crippen MR) is 108 cm³/mol. The van der Waals surface area contributed by atoms with Gasteiger partial charge in [0.15, 0.2) is 0 Å². The van der Waals surface area contributed by atoms with E-state index in [2.05, 4.69) is 10.6 Å². The fourth-order valence-electron chi connectivity index (χ4n) is 2.61. The normalized spacial score (nSPS) is 10.1. The molecule has 0 heterocycles. The second kappa shape index (κ2) is 8.66. The van der Waals surface area contributed by atoms with E-state index < -0.39 is 10.8 Å². The van der Waals surface area contributed by atoms with E-state index in [9.17, 15) is 19.7 Å². The number of carbonyl (C=O) groups is 2. The van der Waals surface area contributed by atoms with Gasteiger partial charge in [0.25, 0.3) is 17.5 Å². The van der Waals surface area contributed by atoms with E-state index in [0.29, 0.717) is 22.7 Å². The third-order valence-electron chi connectivity index (χ3n) is 4.10. The topological polar surface area (TPSA) is 111 Å². The Bertz CT molecular complexity index is 1050. The van der Waals surface area contributed by atoms with E-state index in [-0.39, 0.29) is 17.2 Å². The molecule has 0 aliphatic heterocycles. The molecule has 0 aliphatic rings. The lowest BCUT2D eigenvalue weighted by Crippen LogP contribution is -2.15. The number of para-hydroxylation sites is 1. The van der Waals surface area contributed by atoms with Crippen LogP contribution in [0.15, 0.2) is 72.8 Å².